The number of hydrogen-bond acceptors (Lipinski definition) is 4. The molecular formula is C13H13F2N3O3. The average Bonchev–Trinajstić information content (AvgIpc) is 3.03. The van der Waals surface area contributed by atoms with E-state index in [0.29, 0.717) is 18.6 Å². The molecule has 3 rings (SSSR count). The molecule has 1 aromatic rings. The average molecular weight is 297 g/mol. The number of nitrogens with one attached hydrogen (secondary N) is 2. The third-order valence-electron chi connectivity index (χ3n) is 4.12. The maximum absolute atomic E-state index is 13.7. The highest BCUT2D eigenvalue weighted by atomic mass is 19.1. The highest BCUT2D eigenvalue weighted by molar-refractivity contribution is 5.95. The highest BCUT2D eigenvalue weighted by Gasteiger charge is 2.43. The molecule has 0 aromatic heterocycles. The van der Waals surface area contributed by atoms with Crippen molar-refractivity contribution in [2.45, 2.75) is 31.3 Å². The normalized spacial score (nSPS) is 26.9. The van der Waals surface area contributed by atoms with Crippen LogP contribution < -0.4 is 10.6 Å². The summed E-state index contributed by atoms with van der Waals surface area (Å²) in [5.41, 5.74) is -1.36. The molecule has 2 bridgehead atoms. The minimum absolute atomic E-state index is 0.0255. The van der Waals surface area contributed by atoms with Crippen LogP contribution >= 0.6 is 0 Å². The number of benzene rings is 1. The second kappa shape index (κ2) is 5.03. The molecule has 0 radical (unpaired) electrons. The molecule has 3 unspecified atom stereocenters. The van der Waals surface area contributed by atoms with Gasteiger partial charge in [-0.05, 0) is 19.3 Å². The Balaban J connectivity index is 1.84. The minimum atomic E-state index is -1.15. The van der Waals surface area contributed by atoms with Crippen LogP contribution in [0.5, 0.6) is 0 Å². The molecule has 1 aromatic carbocycles. The number of hydrogen-bond donors (Lipinski definition) is 2. The molecule has 2 aliphatic rings. The van der Waals surface area contributed by atoms with Crippen molar-refractivity contribution < 1.29 is 18.5 Å². The summed E-state index contributed by atoms with van der Waals surface area (Å²) in [7, 11) is 0. The van der Waals surface area contributed by atoms with E-state index in [0.717, 1.165) is 12.8 Å². The van der Waals surface area contributed by atoms with E-state index in [1.807, 2.05) is 0 Å². The van der Waals surface area contributed by atoms with Gasteiger partial charge in [0.15, 0.2) is 11.5 Å². The first-order valence-corrected chi connectivity index (χ1v) is 6.66. The lowest BCUT2D eigenvalue weighted by Gasteiger charge is -2.19. The van der Waals surface area contributed by atoms with Crippen molar-refractivity contribution in [1.29, 1.82) is 0 Å². The van der Waals surface area contributed by atoms with Gasteiger partial charge in [-0.2, -0.15) is 0 Å². The van der Waals surface area contributed by atoms with Crippen LogP contribution in [-0.4, -0.2) is 22.9 Å². The molecule has 2 saturated heterocycles. The van der Waals surface area contributed by atoms with E-state index in [9.17, 15) is 23.7 Å². The van der Waals surface area contributed by atoms with Crippen molar-refractivity contribution in [3.63, 3.8) is 0 Å². The van der Waals surface area contributed by atoms with Crippen molar-refractivity contribution in [3.05, 3.63) is 33.9 Å². The quantitative estimate of drug-likeness (QED) is 0.659. The molecule has 0 saturated carbocycles. The zero-order chi connectivity index (χ0) is 15.1. The highest BCUT2D eigenvalue weighted by Crippen LogP contribution is 2.35. The van der Waals surface area contributed by atoms with E-state index < -0.39 is 33.8 Å². The maximum Gasteiger partial charge on any atom is 0.298 e. The molecule has 1 amide bonds. The molecule has 6 nitrogen and oxygen atoms in total. The van der Waals surface area contributed by atoms with E-state index in [1.165, 1.54) is 0 Å². The van der Waals surface area contributed by atoms with Crippen LogP contribution in [0.4, 0.5) is 20.2 Å². The van der Waals surface area contributed by atoms with Gasteiger partial charge >= 0.3 is 0 Å². The Morgan fingerprint density at radius 2 is 2.14 bits per heavy atom. The van der Waals surface area contributed by atoms with Crippen molar-refractivity contribution in [3.8, 4) is 0 Å². The lowest BCUT2D eigenvalue weighted by Crippen LogP contribution is -2.33. The lowest BCUT2D eigenvalue weighted by atomic mass is 9.88. The van der Waals surface area contributed by atoms with Crippen molar-refractivity contribution in [2.24, 2.45) is 5.92 Å². The molecule has 2 heterocycles. The number of nitrogens with zero attached hydrogens (tertiary/aromatic N) is 1. The summed E-state index contributed by atoms with van der Waals surface area (Å²) >= 11 is 0. The molecule has 2 fully saturated rings. The summed E-state index contributed by atoms with van der Waals surface area (Å²) in [5, 5.41) is 16.4. The third-order valence-corrected chi connectivity index (χ3v) is 4.12. The predicted molar refractivity (Wildman–Crippen MR) is 69.7 cm³/mol. The molecular weight excluding hydrogens is 284 g/mol. The van der Waals surface area contributed by atoms with E-state index in [-0.39, 0.29) is 18.0 Å². The van der Waals surface area contributed by atoms with Gasteiger partial charge in [0.2, 0.25) is 5.91 Å². The second-order valence-corrected chi connectivity index (χ2v) is 5.42. The Labute approximate surface area is 118 Å². The fourth-order valence-electron chi connectivity index (χ4n) is 3.16. The zero-order valence-corrected chi connectivity index (χ0v) is 10.9. The van der Waals surface area contributed by atoms with Gasteiger partial charge in [-0.1, -0.05) is 0 Å². The summed E-state index contributed by atoms with van der Waals surface area (Å²) < 4.78 is 26.8. The number of nitro benzene ring substituents is 1. The van der Waals surface area contributed by atoms with Crippen LogP contribution in [0, 0.1) is 27.7 Å². The number of fused-ring (bicyclic) bond motifs is 2. The maximum atomic E-state index is 13.7. The fraction of sp³-hybridized carbons (Fsp3) is 0.462. The number of rotatable bonds is 3. The first-order chi connectivity index (χ1) is 9.95. The fourth-order valence-corrected chi connectivity index (χ4v) is 3.16. The first-order valence-electron chi connectivity index (χ1n) is 6.66. The number of amides is 1. The Hall–Kier alpha value is -2.09. The molecule has 8 heteroatoms. The van der Waals surface area contributed by atoms with Gasteiger partial charge < -0.3 is 10.6 Å². The van der Waals surface area contributed by atoms with Crippen LogP contribution in [0.25, 0.3) is 0 Å². The van der Waals surface area contributed by atoms with Gasteiger partial charge in [-0.15, -0.1) is 0 Å². The smallest absolute Gasteiger partial charge is 0.298 e. The van der Waals surface area contributed by atoms with Crippen LogP contribution in [0.15, 0.2) is 12.1 Å². The molecule has 0 spiro atoms. The van der Waals surface area contributed by atoms with Crippen LogP contribution in [0.2, 0.25) is 0 Å². The van der Waals surface area contributed by atoms with Crippen LogP contribution in [0.1, 0.15) is 19.3 Å². The number of carbonyl (C=O) groups is 1. The molecule has 21 heavy (non-hydrogen) atoms. The summed E-state index contributed by atoms with van der Waals surface area (Å²) in [4.78, 5) is 22.1. The SMILES string of the molecule is O=C(Nc1c(F)cc(F)cc1[N+](=O)[O-])C1CC2CCC1N2. The van der Waals surface area contributed by atoms with Crippen LogP contribution in [-0.2, 0) is 4.79 Å². The van der Waals surface area contributed by atoms with E-state index in [1.54, 1.807) is 0 Å². The van der Waals surface area contributed by atoms with Gasteiger partial charge in [-0.25, -0.2) is 8.78 Å². The van der Waals surface area contributed by atoms with Crippen molar-refractivity contribution in [2.75, 3.05) is 5.32 Å². The van der Waals surface area contributed by atoms with Crippen LogP contribution in [0.3, 0.4) is 0 Å². The zero-order valence-electron chi connectivity index (χ0n) is 10.9. The Kier molecular flexibility index (Phi) is 3.32. The molecule has 2 aliphatic heterocycles. The summed E-state index contributed by atoms with van der Waals surface area (Å²) in [6.45, 7) is 0. The van der Waals surface area contributed by atoms with Gasteiger partial charge in [0, 0.05) is 18.2 Å². The number of carbonyl (C=O) groups excluding carboxylic acids is 1. The lowest BCUT2D eigenvalue weighted by molar-refractivity contribution is -0.384. The third kappa shape index (κ3) is 2.46. The minimum Gasteiger partial charge on any atom is -0.318 e. The summed E-state index contributed by atoms with van der Waals surface area (Å²) in [6.07, 6.45) is 2.49. The summed E-state index contributed by atoms with van der Waals surface area (Å²) in [5.74, 6) is -3.01. The monoisotopic (exact) mass is 297 g/mol. The van der Waals surface area contributed by atoms with Gasteiger partial charge in [0.1, 0.15) is 5.82 Å². The van der Waals surface area contributed by atoms with E-state index in [4.69, 9.17) is 0 Å². The van der Waals surface area contributed by atoms with Gasteiger partial charge in [0.25, 0.3) is 5.69 Å². The molecule has 3 atom stereocenters. The molecule has 112 valence electrons. The Morgan fingerprint density at radius 1 is 1.38 bits per heavy atom. The van der Waals surface area contributed by atoms with E-state index in [2.05, 4.69) is 10.6 Å². The topological polar surface area (TPSA) is 84.3 Å². The summed E-state index contributed by atoms with van der Waals surface area (Å²) in [6, 6.07) is 1.41. The molecule has 0 aliphatic carbocycles. The largest absolute Gasteiger partial charge is 0.318 e. The van der Waals surface area contributed by atoms with E-state index >= 15 is 0 Å². The van der Waals surface area contributed by atoms with Crippen molar-refractivity contribution in [1.82, 2.24) is 5.32 Å². The number of halogens is 2. The standard InChI is InChI=1S/C13H13F2N3O3/c14-6-3-9(15)12(11(4-6)18(20)21)17-13(19)8-5-7-1-2-10(8)16-7/h3-4,7-8,10,16H,1-2,5H2,(H,17,19). The van der Waals surface area contributed by atoms with Crippen molar-refractivity contribution >= 4 is 17.3 Å². The first kappa shape index (κ1) is 13.9. The number of anilines is 1. The second-order valence-electron chi connectivity index (χ2n) is 5.42. The van der Waals surface area contributed by atoms with Gasteiger partial charge in [0.05, 0.1) is 16.9 Å². The molecule has 2 N–H and O–H groups in total. The van der Waals surface area contributed by atoms with Gasteiger partial charge in [-0.3, -0.25) is 14.9 Å². The Morgan fingerprint density at radius 3 is 2.71 bits per heavy atom. The number of nitro groups is 1. The Bertz CT molecular complexity index is 623. The predicted octanol–water partition coefficient (Wildman–Crippen LogP) is 1.95.